The van der Waals surface area contributed by atoms with Crippen molar-refractivity contribution in [3.63, 3.8) is 0 Å². The lowest BCUT2D eigenvalue weighted by molar-refractivity contribution is -0.141. The second kappa shape index (κ2) is 7.86. The number of esters is 1. The van der Waals surface area contributed by atoms with Crippen LogP contribution in [-0.4, -0.2) is 38.9 Å². The van der Waals surface area contributed by atoms with Gasteiger partial charge in [-0.2, -0.15) is 5.10 Å². The molecular formula is C22H19FN4O4S. The van der Waals surface area contributed by atoms with Crippen molar-refractivity contribution in [2.75, 3.05) is 6.61 Å². The number of carbonyl (C=O) groups is 2. The first kappa shape index (κ1) is 20.4. The Morgan fingerprint density at radius 2 is 2.09 bits per heavy atom. The number of benzene rings is 1. The van der Waals surface area contributed by atoms with E-state index in [0.29, 0.717) is 23.9 Å². The van der Waals surface area contributed by atoms with Gasteiger partial charge in [0, 0.05) is 23.2 Å². The van der Waals surface area contributed by atoms with Gasteiger partial charge >= 0.3 is 5.97 Å². The monoisotopic (exact) mass is 454 g/mol. The molecule has 0 spiro atoms. The van der Waals surface area contributed by atoms with Crippen molar-refractivity contribution < 1.29 is 18.7 Å². The zero-order chi connectivity index (χ0) is 22.4. The molecule has 32 heavy (non-hydrogen) atoms. The number of hydrogen-bond acceptors (Lipinski definition) is 6. The molecule has 1 atom stereocenters. The first-order chi connectivity index (χ1) is 15.4. The highest BCUT2D eigenvalue weighted by atomic mass is 32.1. The highest BCUT2D eigenvalue weighted by molar-refractivity contribution is 7.20. The second-order valence-corrected chi connectivity index (χ2v) is 8.99. The summed E-state index contributed by atoms with van der Waals surface area (Å²) >= 11 is 1.57. The molecule has 0 bridgehead atoms. The second-order valence-electron chi connectivity index (χ2n) is 7.73. The van der Waals surface area contributed by atoms with Crippen molar-refractivity contribution in [2.24, 2.45) is 0 Å². The maximum Gasteiger partial charge on any atom is 0.328 e. The Kier molecular flexibility index (Phi) is 5.01. The predicted octanol–water partition coefficient (Wildman–Crippen LogP) is 2.34. The molecule has 1 unspecified atom stereocenters. The van der Waals surface area contributed by atoms with Gasteiger partial charge in [-0.15, -0.1) is 11.3 Å². The Balaban J connectivity index is 1.55. The third kappa shape index (κ3) is 3.56. The quantitative estimate of drug-likeness (QED) is 0.467. The van der Waals surface area contributed by atoms with Gasteiger partial charge in [-0.3, -0.25) is 9.59 Å². The van der Waals surface area contributed by atoms with E-state index in [-0.39, 0.29) is 19.0 Å². The van der Waals surface area contributed by atoms with Gasteiger partial charge in [0.2, 0.25) is 5.91 Å². The van der Waals surface area contributed by atoms with Crippen LogP contribution in [0.15, 0.2) is 41.3 Å². The Hall–Kier alpha value is -3.53. The summed E-state index contributed by atoms with van der Waals surface area (Å²) in [6, 6.07) is 7.44. The molecular weight excluding hydrogens is 435 g/mol. The van der Waals surface area contributed by atoms with E-state index in [1.54, 1.807) is 29.7 Å². The van der Waals surface area contributed by atoms with Crippen LogP contribution >= 0.6 is 11.3 Å². The summed E-state index contributed by atoms with van der Waals surface area (Å²) in [7, 11) is 0. The Labute approximate surface area is 185 Å². The highest BCUT2D eigenvalue weighted by Crippen LogP contribution is 2.34. The van der Waals surface area contributed by atoms with Gasteiger partial charge in [0.25, 0.3) is 5.56 Å². The molecule has 0 aliphatic carbocycles. The van der Waals surface area contributed by atoms with Gasteiger partial charge in [0.1, 0.15) is 23.9 Å². The minimum Gasteiger partial charge on any atom is -0.464 e. The fourth-order valence-corrected chi connectivity index (χ4v) is 5.00. The minimum atomic E-state index is -0.697. The summed E-state index contributed by atoms with van der Waals surface area (Å²) in [4.78, 5) is 38.4. The molecule has 10 heteroatoms. The smallest absolute Gasteiger partial charge is 0.328 e. The number of hydrogen-bond donors (Lipinski definition) is 1. The number of nitrogens with zero attached hydrogens (tertiary/aromatic N) is 3. The molecule has 0 radical (unpaired) electrons. The lowest BCUT2D eigenvalue weighted by Gasteiger charge is -2.11. The van der Waals surface area contributed by atoms with Crippen molar-refractivity contribution in [3.05, 3.63) is 63.1 Å². The number of thiophene rings is 1. The van der Waals surface area contributed by atoms with Crippen molar-refractivity contribution in [3.8, 4) is 0 Å². The van der Waals surface area contributed by atoms with Crippen LogP contribution in [0.2, 0.25) is 0 Å². The van der Waals surface area contributed by atoms with E-state index in [0.717, 1.165) is 25.3 Å². The molecule has 1 saturated heterocycles. The third-order valence-electron chi connectivity index (χ3n) is 5.48. The number of carbonyl (C=O) groups excluding carboxylic acids is 2. The molecule has 1 amide bonds. The highest BCUT2D eigenvalue weighted by Gasteiger charge is 2.28. The largest absolute Gasteiger partial charge is 0.464 e. The van der Waals surface area contributed by atoms with Crippen LogP contribution in [0.3, 0.4) is 0 Å². The molecule has 1 aromatic carbocycles. The van der Waals surface area contributed by atoms with Crippen molar-refractivity contribution in [1.29, 1.82) is 0 Å². The molecule has 1 aliphatic heterocycles. The molecule has 4 aromatic rings. The maximum atomic E-state index is 13.3. The van der Waals surface area contributed by atoms with Gasteiger partial charge in [-0.25, -0.2) is 13.9 Å². The van der Waals surface area contributed by atoms with E-state index in [4.69, 9.17) is 4.74 Å². The average molecular weight is 454 g/mol. The Bertz CT molecular complexity index is 1420. The number of aromatic nitrogens is 3. The van der Waals surface area contributed by atoms with Crippen molar-refractivity contribution >= 4 is 44.3 Å². The summed E-state index contributed by atoms with van der Waals surface area (Å²) in [6.07, 6.45) is 2.00. The molecule has 0 saturated carbocycles. The van der Waals surface area contributed by atoms with Crippen LogP contribution in [0, 0.1) is 12.7 Å². The minimum absolute atomic E-state index is 0.265. The van der Waals surface area contributed by atoms with Crippen molar-refractivity contribution in [2.45, 2.75) is 32.5 Å². The standard InChI is InChI=1S/C22H19FN4O4S/c1-12-8-17-20(32-12)15-9-24-27(11-18(28)25-16-6-7-31-22(16)30)21(29)19(15)26(17)10-13-2-4-14(23)5-3-13/h2-5,8-9,16H,6-7,10-11H2,1H3,(H,25,28). The first-order valence-electron chi connectivity index (χ1n) is 10.1. The van der Waals surface area contributed by atoms with Crippen LogP contribution < -0.4 is 10.9 Å². The zero-order valence-corrected chi connectivity index (χ0v) is 17.9. The summed E-state index contributed by atoms with van der Waals surface area (Å²) < 4.78 is 22.1. The normalized spacial score (nSPS) is 16.1. The van der Waals surface area contributed by atoms with E-state index < -0.39 is 23.5 Å². The average Bonchev–Trinajstić information content (AvgIpc) is 3.41. The number of nitrogens with one attached hydrogen (secondary N) is 1. The Morgan fingerprint density at radius 3 is 2.81 bits per heavy atom. The zero-order valence-electron chi connectivity index (χ0n) is 17.1. The molecule has 1 fully saturated rings. The molecule has 5 rings (SSSR count). The molecule has 164 valence electrons. The number of ether oxygens (including phenoxy) is 1. The first-order valence-corrected chi connectivity index (χ1v) is 10.9. The van der Waals surface area contributed by atoms with Crippen molar-refractivity contribution in [1.82, 2.24) is 19.7 Å². The number of rotatable bonds is 5. The molecule has 1 aliphatic rings. The fraction of sp³-hybridized carbons (Fsp3) is 0.273. The van der Waals surface area contributed by atoms with Crippen LogP contribution in [0.25, 0.3) is 21.1 Å². The van der Waals surface area contributed by atoms with Crippen LogP contribution in [0.5, 0.6) is 0 Å². The van der Waals surface area contributed by atoms with E-state index in [1.807, 2.05) is 17.6 Å². The van der Waals surface area contributed by atoms with Crippen LogP contribution in [0.4, 0.5) is 4.39 Å². The number of fused-ring (bicyclic) bond motifs is 3. The van der Waals surface area contributed by atoms with Gasteiger partial charge in [0.05, 0.1) is 23.0 Å². The lowest BCUT2D eigenvalue weighted by Crippen LogP contribution is -2.41. The Morgan fingerprint density at radius 1 is 1.31 bits per heavy atom. The van der Waals surface area contributed by atoms with Crippen LogP contribution in [-0.2, 0) is 27.4 Å². The van der Waals surface area contributed by atoms with Gasteiger partial charge in [0.15, 0.2) is 0 Å². The molecule has 1 N–H and O–H groups in total. The fourth-order valence-electron chi connectivity index (χ4n) is 3.97. The third-order valence-corrected chi connectivity index (χ3v) is 6.55. The maximum absolute atomic E-state index is 13.3. The SMILES string of the molecule is Cc1cc2c(s1)c1cnn(CC(=O)NC3CCOC3=O)c(=O)c1n2Cc1ccc(F)cc1. The summed E-state index contributed by atoms with van der Waals surface area (Å²) in [6.45, 7) is 2.32. The summed E-state index contributed by atoms with van der Waals surface area (Å²) in [5.74, 6) is -1.29. The van der Waals surface area contributed by atoms with Gasteiger partial charge in [-0.1, -0.05) is 12.1 Å². The van der Waals surface area contributed by atoms with Gasteiger partial charge < -0.3 is 14.6 Å². The topological polar surface area (TPSA) is 95.2 Å². The number of cyclic esters (lactones) is 1. The summed E-state index contributed by atoms with van der Waals surface area (Å²) in [5, 5.41) is 7.50. The van der Waals surface area contributed by atoms with E-state index in [1.165, 1.54) is 12.1 Å². The summed E-state index contributed by atoms with van der Waals surface area (Å²) in [5.41, 5.74) is 1.75. The molecule has 3 aromatic heterocycles. The van der Waals surface area contributed by atoms with E-state index in [2.05, 4.69) is 10.4 Å². The molecule has 8 nitrogen and oxygen atoms in total. The predicted molar refractivity (Wildman–Crippen MR) is 117 cm³/mol. The van der Waals surface area contributed by atoms with E-state index >= 15 is 0 Å². The number of halogens is 1. The lowest BCUT2D eigenvalue weighted by atomic mass is 10.2. The molecule has 4 heterocycles. The number of aryl methyl sites for hydroxylation is 1. The van der Waals surface area contributed by atoms with E-state index in [9.17, 15) is 18.8 Å². The van der Waals surface area contributed by atoms with Gasteiger partial charge in [-0.05, 0) is 30.7 Å². The van der Waals surface area contributed by atoms with Crippen LogP contribution in [0.1, 0.15) is 16.9 Å². The number of amides is 1.